The monoisotopic (exact) mass is 303 g/mol. The summed E-state index contributed by atoms with van der Waals surface area (Å²) in [4.78, 5) is 11.9. The fraction of sp³-hybridized carbons (Fsp3) is 0.294. The van der Waals surface area contributed by atoms with Gasteiger partial charge in [-0.05, 0) is 31.0 Å². The van der Waals surface area contributed by atoms with E-state index in [4.69, 9.17) is 11.6 Å². The molecule has 110 valence electrons. The molecular weight excluding hydrogens is 284 g/mol. The topological polar surface area (TPSA) is 33.0 Å². The van der Waals surface area contributed by atoms with Crippen LogP contribution >= 0.6 is 11.6 Å². The normalized spacial score (nSPS) is 10.4. The lowest BCUT2D eigenvalue weighted by atomic mass is 10.2. The van der Waals surface area contributed by atoms with E-state index in [1.165, 1.54) is 0 Å². The van der Waals surface area contributed by atoms with E-state index in [1.807, 2.05) is 49.6 Å². The van der Waals surface area contributed by atoms with Gasteiger partial charge in [-0.1, -0.05) is 23.7 Å². The van der Waals surface area contributed by atoms with E-state index in [9.17, 15) is 4.79 Å². The number of pyridine rings is 1. The third kappa shape index (κ3) is 5.20. The summed E-state index contributed by atoms with van der Waals surface area (Å²) in [7, 11) is 0. The van der Waals surface area contributed by atoms with Crippen LogP contribution < -0.4 is 9.88 Å². The second kappa shape index (κ2) is 7.79. The molecule has 0 atom stereocenters. The van der Waals surface area contributed by atoms with E-state index < -0.39 is 0 Å². The van der Waals surface area contributed by atoms with Crippen LogP contribution in [0.25, 0.3) is 0 Å². The van der Waals surface area contributed by atoms with Crippen molar-refractivity contribution >= 4 is 23.2 Å². The number of nitrogens with one attached hydrogen (secondary N) is 1. The summed E-state index contributed by atoms with van der Waals surface area (Å²) in [5.41, 5.74) is 1.82. The Balaban J connectivity index is 1.74. The van der Waals surface area contributed by atoms with E-state index in [2.05, 4.69) is 9.88 Å². The predicted octanol–water partition coefficient (Wildman–Crippen LogP) is 3.74. The highest BCUT2D eigenvalue weighted by Crippen LogP contribution is 2.20. The van der Waals surface area contributed by atoms with Gasteiger partial charge in [0.05, 0.1) is 0 Å². The molecule has 0 spiro atoms. The molecule has 3 nitrogen and oxygen atoms in total. The molecule has 0 unspecified atom stereocenters. The van der Waals surface area contributed by atoms with Crippen molar-refractivity contribution in [2.24, 2.45) is 0 Å². The predicted molar refractivity (Wildman–Crippen MR) is 85.3 cm³/mol. The van der Waals surface area contributed by atoms with E-state index in [-0.39, 0.29) is 5.91 Å². The van der Waals surface area contributed by atoms with E-state index in [1.54, 1.807) is 6.07 Å². The Morgan fingerprint density at radius 1 is 1.19 bits per heavy atom. The first kappa shape index (κ1) is 15.5. The fourth-order valence-electron chi connectivity index (χ4n) is 2.10. The molecule has 0 fully saturated rings. The summed E-state index contributed by atoms with van der Waals surface area (Å²) in [6.45, 7) is 2.89. The van der Waals surface area contributed by atoms with Crippen LogP contribution in [0.15, 0.2) is 48.8 Å². The van der Waals surface area contributed by atoms with Crippen molar-refractivity contribution in [1.29, 1.82) is 0 Å². The average Bonchev–Trinajstić information content (AvgIpc) is 2.48. The third-order valence-electron chi connectivity index (χ3n) is 3.32. The summed E-state index contributed by atoms with van der Waals surface area (Å²) in [5.74, 6) is 0.0402. The van der Waals surface area contributed by atoms with Crippen molar-refractivity contribution in [2.75, 3.05) is 5.32 Å². The number of rotatable bonds is 6. The van der Waals surface area contributed by atoms with E-state index >= 15 is 0 Å². The number of unbranched alkanes of at least 4 members (excludes halogenated alkanes) is 1. The van der Waals surface area contributed by atoms with Gasteiger partial charge in [-0.3, -0.25) is 4.79 Å². The van der Waals surface area contributed by atoms with Crippen LogP contribution in [0.1, 0.15) is 24.8 Å². The minimum Gasteiger partial charge on any atom is -0.326 e. The number of carbonyl (C=O) groups excluding carboxylic acids is 1. The van der Waals surface area contributed by atoms with Crippen LogP contribution in [-0.2, 0) is 11.3 Å². The number of amides is 1. The minimum atomic E-state index is 0.0402. The Bertz CT molecular complexity index is 599. The zero-order valence-electron chi connectivity index (χ0n) is 12.2. The lowest BCUT2D eigenvalue weighted by Crippen LogP contribution is -2.32. The number of hydrogen-bond donors (Lipinski definition) is 1. The Kier molecular flexibility index (Phi) is 5.76. The number of hydrogen-bond acceptors (Lipinski definition) is 1. The highest BCUT2D eigenvalue weighted by Gasteiger charge is 2.06. The number of aromatic nitrogens is 1. The molecule has 0 saturated heterocycles. The maximum absolute atomic E-state index is 11.9. The molecule has 0 aliphatic heterocycles. The SMILES string of the molecule is Cc1ccc(Cl)cc1NC(=O)CCCC[n+]1ccccc1. The molecule has 0 saturated carbocycles. The van der Waals surface area contributed by atoms with Gasteiger partial charge in [-0.15, -0.1) is 0 Å². The van der Waals surface area contributed by atoms with Crippen LogP contribution in [0.5, 0.6) is 0 Å². The Hall–Kier alpha value is -1.87. The third-order valence-corrected chi connectivity index (χ3v) is 3.56. The average molecular weight is 304 g/mol. The van der Waals surface area contributed by atoms with Gasteiger partial charge in [0.15, 0.2) is 12.4 Å². The largest absolute Gasteiger partial charge is 0.326 e. The van der Waals surface area contributed by atoms with Crippen LogP contribution in [0, 0.1) is 6.92 Å². The molecule has 1 aromatic carbocycles. The summed E-state index contributed by atoms with van der Waals surface area (Å²) in [6.07, 6.45) is 6.45. The molecule has 1 aromatic heterocycles. The number of halogens is 1. The molecule has 1 N–H and O–H groups in total. The quantitative estimate of drug-likeness (QED) is 0.640. The highest BCUT2D eigenvalue weighted by atomic mass is 35.5. The van der Waals surface area contributed by atoms with Crippen LogP contribution in [0.4, 0.5) is 5.69 Å². The first-order valence-corrected chi connectivity index (χ1v) is 7.53. The number of aryl methyl sites for hydroxylation is 2. The molecule has 2 aromatic rings. The fourth-order valence-corrected chi connectivity index (χ4v) is 2.28. The van der Waals surface area contributed by atoms with Crippen LogP contribution in [0.3, 0.4) is 0 Å². The van der Waals surface area contributed by atoms with Gasteiger partial charge < -0.3 is 5.32 Å². The lowest BCUT2D eigenvalue weighted by Gasteiger charge is -2.08. The first-order chi connectivity index (χ1) is 10.1. The molecule has 1 amide bonds. The van der Waals surface area contributed by atoms with E-state index in [0.717, 1.165) is 30.6 Å². The van der Waals surface area contributed by atoms with Crippen molar-refractivity contribution in [3.05, 3.63) is 59.4 Å². The highest BCUT2D eigenvalue weighted by molar-refractivity contribution is 6.31. The Labute approximate surface area is 130 Å². The van der Waals surface area contributed by atoms with Crippen molar-refractivity contribution in [3.63, 3.8) is 0 Å². The van der Waals surface area contributed by atoms with Crippen LogP contribution in [-0.4, -0.2) is 5.91 Å². The lowest BCUT2D eigenvalue weighted by molar-refractivity contribution is -0.697. The summed E-state index contributed by atoms with van der Waals surface area (Å²) < 4.78 is 2.12. The molecule has 4 heteroatoms. The smallest absolute Gasteiger partial charge is 0.224 e. The Morgan fingerprint density at radius 2 is 1.95 bits per heavy atom. The van der Waals surface area contributed by atoms with Gasteiger partial charge in [0, 0.05) is 35.7 Å². The summed E-state index contributed by atoms with van der Waals surface area (Å²) in [5, 5.41) is 3.56. The first-order valence-electron chi connectivity index (χ1n) is 7.15. The van der Waals surface area contributed by atoms with Crippen molar-refractivity contribution < 1.29 is 9.36 Å². The van der Waals surface area contributed by atoms with Gasteiger partial charge in [-0.25, -0.2) is 4.57 Å². The number of nitrogens with zero attached hydrogens (tertiary/aromatic N) is 1. The minimum absolute atomic E-state index is 0.0402. The number of anilines is 1. The zero-order chi connectivity index (χ0) is 15.1. The maximum atomic E-state index is 11.9. The molecule has 2 rings (SSSR count). The number of carbonyl (C=O) groups is 1. The Morgan fingerprint density at radius 3 is 2.71 bits per heavy atom. The molecule has 0 aliphatic carbocycles. The molecule has 21 heavy (non-hydrogen) atoms. The summed E-state index contributed by atoms with van der Waals surface area (Å²) >= 11 is 5.94. The second-order valence-electron chi connectivity index (χ2n) is 5.08. The van der Waals surface area contributed by atoms with Gasteiger partial charge in [0.1, 0.15) is 6.54 Å². The van der Waals surface area contributed by atoms with Gasteiger partial charge >= 0.3 is 0 Å². The summed E-state index contributed by atoms with van der Waals surface area (Å²) in [6, 6.07) is 11.5. The van der Waals surface area contributed by atoms with Gasteiger partial charge in [-0.2, -0.15) is 0 Å². The standard InChI is InChI=1S/C17H19ClN2O/c1-14-8-9-15(18)13-16(14)19-17(21)7-3-6-12-20-10-4-2-5-11-20/h2,4-5,8-11,13H,3,6-7,12H2,1H3/p+1. The van der Waals surface area contributed by atoms with Crippen LogP contribution in [0.2, 0.25) is 5.02 Å². The molecule has 0 radical (unpaired) electrons. The van der Waals surface area contributed by atoms with E-state index in [0.29, 0.717) is 11.4 Å². The van der Waals surface area contributed by atoms with Crippen molar-refractivity contribution in [2.45, 2.75) is 32.7 Å². The van der Waals surface area contributed by atoms with Gasteiger partial charge in [0.25, 0.3) is 0 Å². The van der Waals surface area contributed by atoms with Crippen molar-refractivity contribution in [1.82, 2.24) is 0 Å². The molecular formula is C17H20ClN2O+. The van der Waals surface area contributed by atoms with Gasteiger partial charge in [0.2, 0.25) is 5.91 Å². The zero-order valence-corrected chi connectivity index (χ0v) is 12.9. The molecule has 0 bridgehead atoms. The maximum Gasteiger partial charge on any atom is 0.224 e. The second-order valence-corrected chi connectivity index (χ2v) is 5.51. The van der Waals surface area contributed by atoms with Crippen molar-refractivity contribution in [3.8, 4) is 0 Å². The molecule has 1 heterocycles. The molecule has 0 aliphatic rings. The number of benzene rings is 1.